The van der Waals surface area contributed by atoms with Crippen molar-refractivity contribution in [1.82, 2.24) is 15.0 Å². The average molecular weight is 308 g/mol. The number of carbonyl (C=O) groups is 1. The Balaban J connectivity index is 0.00000144. The minimum atomic E-state index is -0.183. The van der Waals surface area contributed by atoms with Crippen LogP contribution < -0.4 is 21.8 Å². The molecular weight excluding hydrogens is 297 g/mol. The van der Waals surface area contributed by atoms with Crippen LogP contribution in [-0.4, -0.2) is 22.4 Å². The zero-order chi connectivity index (χ0) is 11.5. The van der Waals surface area contributed by atoms with Crippen LogP contribution in [0.2, 0.25) is 0 Å². The first kappa shape index (κ1) is 14.0. The molecule has 0 aromatic carbocycles. The Morgan fingerprint density at radius 2 is 2.29 bits per heavy atom. The number of nitrogens with one attached hydrogen (secondary N) is 1. The summed E-state index contributed by atoms with van der Waals surface area (Å²) in [4.78, 5) is 23.3. The number of hydrogen-bond acceptors (Lipinski definition) is 5. The molecule has 2 aromatic heterocycles. The van der Waals surface area contributed by atoms with Gasteiger partial charge in [0.1, 0.15) is 0 Å². The molecule has 0 saturated heterocycles. The van der Waals surface area contributed by atoms with Crippen LogP contribution in [0.4, 0.5) is 11.5 Å². The summed E-state index contributed by atoms with van der Waals surface area (Å²) >= 11 is 0. The van der Waals surface area contributed by atoms with Gasteiger partial charge in [0.25, 0.3) is 0 Å². The summed E-state index contributed by atoms with van der Waals surface area (Å²) in [5.41, 5.74) is 12.3. The molecule has 0 unspecified atom stereocenters. The van der Waals surface area contributed by atoms with Crippen LogP contribution >= 0.6 is 0 Å². The number of nitrogen functional groups attached to an aromatic ring is 1. The van der Waals surface area contributed by atoms with Crippen molar-refractivity contribution in [3.05, 3.63) is 12.4 Å². The maximum atomic E-state index is 11.4. The van der Waals surface area contributed by atoms with Crippen molar-refractivity contribution in [3.8, 4) is 0 Å². The van der Waals surface area contributed by atoms with Gasteiger partial charge < -0.3 is 31.7 Å². The largest absolute Gasteiger partial charge is 0.396 e. The van der Waals surface area contributed by atoms with Gasteiger partial charge in [-0.1, -0.05) is 0 Å². The van der Waals surface area contributed by atoms with Gasteiger partial charge in [0.15, 0.2) is 0 Å². The Morgan fingerprint density at radius 1 is 1.53 bits per heavy atom. The Kier molecular flexibility index (Phi) is 4.98. The first-order valence-corrected chi connectivity index (χ1v) is 4.74. The molecule has 1 amide bonds. The number of aromatic nitrogens is 3. The maximum absolute atomic E-state index is 11.4. The number of carbonyl (C=O) groups excluding carboxylic acids is 1. The smallest absolute Gasteiger partial charge is 0.225 e. The number of rotatable bonds is 3. The van der Waals surface area contributed by atoms with Gasteiger partial charge >= 0.3 is 0 Å². The number of pyridine rings is 1. The van der Waals surface area contributed by atoms with E-state index in [9.17, 15) is 4.79 Å². The molecule has 17 heavy (non-hydrogen) atoms. The van der Waals surface area contributed by atoms with Crippen LogP contribution in [0.1, 0.15) is 6.42 Å². The van der Waals surface area contributed by atoms with Crippen molar-refractivity contribution in [3.63, 3.8) is 0 Å². The maximum Gasteiger partial charge on any atom is 0.225 e. The minimum absolute atomic E-state index is 0. The second-order valence-corrected chi connectivity index (χ2v) is 3.23. The number of anilines is 2. The summed E-state index contributed by atoms with van der Waals surface area (Å²) in [5.74, 6) is 0.105. The van der Waals surface area contributed by atoms with E-state index in [1.807, 2.05) is 0 Å². The molecule has 0 aliphatic rings. The molecule has 5 N–H and O–H groups in total. The zero-order valence-electron chi connectivity index (χ0n) is 9.05. The van der Waals surface area contributed by atoms with Crippen LogP contribution in [0.15, 0.2) is 12.4 Å². The van der Waals surface area contributed by atoms with E-state index in [1.165, 1.54) is 6.33 Å². The monoisotopic (exact) mass is 308 g/mol. The van der Waals surface area contributed by atoms with Gasteiger partial charge in [0.2, 0.25) is 5.91 Å². The fraction of sp³-hybridized carbons (Fsp3) is 0.222. The normalized spacial score (nSPS) is 9.94. The molecule has 7 nitrogen and oxygen atoms in total. The number of fused-ring (bicyclic) bond motifs is 1. The summed E-state index contributed by atoms with van der Waals surface area (Å²) in [5, 5.41) is 2.67. The average Bonchev–Trinajstić information content (AvgIpc) is 2.65. The third-order valence-electron chi connectivity index (χ3n) is 2.01. The van der Waals surface area contributed by atoms with E-state index in [0.717, 1.165) is 0 Å². The summed E-state index contributed by atoms with van der Waals surface area (Å²) in [6.07, 6.45) is 1.62. The molecule has 0 fully saturated rings. The fourth-order valence-corrected chi connectivity index (χ4v) is 1.34. The summed E-state index contributed by atoms with van der Waals surface area (Å²) in [6, 6.07) is 1.55. The molecule has 2 aromatic rings. The van der Waals surface area contributed by atoms with Crippen molar-refractivity contribution >= 4 is 28.6 Å². The second kappa shape index (κ2) is 6.04. The van der Waals surface area contributed by atoms with E-state index in [1.54, 1.807) is 6.07 Å². The molecule has 8 heteroatoms. The number of nitrogens with two attached hydrogens (primary N) is 2. The van der Waals surface area contributed by atoms with Gasteiger partial charge in [-0.25, -0.2) is 0 Å². The number of imidazole rings is 1. The Morgan fingerprint density at radius 3 is 3.00 bits per heavy atom. The molecule has 0 bridgehead atoms. The first-order valence-electron chi connectivity index (χ1n) is 4.74. The fourth-order valence-electron chi connectivity index (χ4n) is 1.34. The van der Waals surface area contributed by atoms with E-state index in [-0.39, 0.29) is 50.9 Å². The van der Waals surface area contributed by atoms with Gasteiger partial charge in [0.05, 0.1) is 11.5 Å². The van der Waals surface area contributed by atoms with Gasteiger partial charge in [-0.15, -0.1) is 0 Å². The minimum Gasteiger partial charge on any atom is -0.396 e. The Hall–Kier alpha value is -1.05. The van der Waals surface area contributed by atoms with Crippen molar-refractivity contribution < 1.29 is 37.5 Å². The molecule has 0 aliphatic carbocycles. The van der Waals surface area contributed by atoms with E-state index in [0.29, 0.717) is 23.4 Å². The van der Waals surface area contributed by atoms with Crippen LogP contribution in [0.3, 0.4) is 0 Å². The molecule has 1 radical (unpaired) electrons. The van der Waals surface area contributed by atoms with Gasteiger partial charge in [-0.05, 0) is 12.4 Å². The topological polar surface area (TPSA) is 121 Å². The molecule has 0 saturated carbocycles. The summed E-state index contributed by atoms with van der Waals surface area (Å²) in [7, 11) is 0. The summed E-state index contributed by atoms with van der Waals surface area (Å²) in [6.45, 7) is 0.294. The Bertz CT molecular complexity index is 525. The SMILES string of the molecule is NCCC(=O)Nc1cc(N)nc2[n-]cnc12.[Y]. The molecule has 2 heterocycles. The third kappa shape index (κ3) is 3.21. The van der Waals surface area contributed by atoms with Crippen LogP contribution in [0, 0.1) is 0 Å². The van der Waals surface area contributed by atoms with E-state index < -0.39 is 0 Å². The van der Waals surface area contributed by atoms with E-state index >= 15 is 0 Å². The van der Waals surface area contributed by atoms with Crippen LogP contribution in [0.25, 0.3) is 11.2 Å². The van der Waals surface area contributed by atoms with Crippen molar-refractivity contribution in [1.29, 1.82) is 0 Å². The van der Waals surface area contributed by atoms with Gasteiger partial charge in [-0.3, -0.25) is 4.79 Å². The molecule has 0 atom stereocenters. The number of hydrogen-bond donors (Lipinski definition) is 3. The quantitative estimate of drug-likeness (QED) is 0.700. The molecule has 0 spiro atoms. The number of nitrogens with zero attached hydrogens (tertiary/aromatic N) is 3. The van der Waals surface area contributed by atoms with Crippen molar-refractivity contribution in [2.45, 2.75) is 6.42 Å². The van der Waals surface area contributed by atoms with E-state index in [2.05, 4.69) is 20.3 Å². The van der Waals surface area contributed by atoms with Gasteiger partial charge in [0, 0.05) is 56.8 Å². The van der Waals surface area contributed by atoms with Gasteiger partial charge in [-0.2, -0.15) is 0 Å². The standard InChI is InChI=1S/C9H12N6O.Y/c10-2-1-7(16)14-5-3-6(11)15-9-8(5)12-4-13-9;/h3-4H,1-2,10H2,(H4,11,12,13,14,15,16);/p-1. The molecule has 2 rings (SSSR count). The predicted molar refractivity (Wildman–Crippen MR) is 59.6 cm³/mol. The Labute approximate surface area is 123 Å². The third-order valence-corrected chi connectivity index (χ3v) is 2.01. The molecule has 0 aliphatic heterocycles. The molecular formula is C9H11N6OY-. The second-order valence-electron chi connectivity index (χ2n) is 3.23. The first-order chi connectivity index (χ1) is 7.70. The summed E-state index contributed by atoms with van der Waals surface area (Å²) < 4.78 is 0. The van der Waals surface area contributed by atoms with Crippen LogP contribution in [-0.2, 0) is 37.5 Å². The molecule has 87 valence electrons. The predicted octanol–water partition coefficient (Wildman–Crippen LogP) is -0.546. The number of amides is 1. The van der Waals surface area contributed by atoms with Crippen molar-refractivity contribution in [2.75, 3.05) is 17.6 Å². The van der Waals surface area contributed by atoms with Crippen molar-refractivity contribution in [2.24, 2.45) is 5.73 Å². The van der Waals surface area contributed by atoms with E-state index in [4.69, 9.17) is 11.5 Å². The van der Waals surface area contributed by atoms with Crippen LogP contribution in [0.5, 0.6) is 0 Å². The zero-order valence-corrected chi connectivity index (χ0v) is 11.9.